The lowest BCUT2D eigenvalue weighted by molar-refractivity contribution is -0.137. The first kappa shape index (κ1) is 18.6. The average Bonchev–Trinajstić information content (AvgIpc) is 2.30. The molecule has 1 aromatic carbocycles. The lowest BCUT2D eigenvalue weighted by atomic mass is 10.3. The van der Waals surface area contributed by atoms with E-state index in [1.165, 1.54) is 12.1 Å². The molecule has 0 aliphatic rings. The van der Waals surface area contributed by atoms with E-state index in [1.807, 2.05) is 0 Å². The van der Waals surface area contributed by atoms with E-state index in [4.69, 9.17) is 16.7 Å². The molecule has 0 aromatic heterocycles. The van der Waals surface area contributed by atoms with Gasteiger partial charge in [0.05, 0.1) is 23.7 Å². The van der Waals surface area contributed by atoms with E-state index in [0.29, 0.717) is 5.69 Å². The minimum atomic E-state index is -0.922. The third-order valence-electron chi connectivity index (χ3n) is 2.33. The van der Waals surface area contributed by atoms with Crippen molar-refractivity contribution in [2.45, 2.75) is 6.42 Å². The Bertz CT molecular complexity index is 486. The summed E-state index contributed by atoms with van der Waals surface area (Å²) >= 11 is 5.77. The zero-order valence-electron chi connectivity index (χ0n) is 10.7. The summed E-state index contributed by atoms with van der Waals surface area (Å²) in [6.45, 7) is 0.293. The number of hydrogen-bond donors (Lipinski definition) is 2. The molecule has 8 heteroatoms. The molecular formula is C12H15Cl2FN2O3. The molecule has 112 valence electrons. The highest BCUT2D eigenvalue weighted by Crippen LogP contribution is 2.22. The minimum Gasteiger partial charge on any atom is -0.481 e. The maximum absolute atomic E-state index is 12.8. The van der Waals surface area contributed by atoms with Crippen LogP contribution in [-0.4, -0.2) is 42.0 Å². The van der Waals surface area contributed by atoms with E-state index >= 15 is 0 Å². The summed E-state index contributed by atoms with van der Waals surface area (Å²) in [5.41, 5.74) is 0.319. The molecule has 0 spiro atoms. The number of halogens is 3. The molecule has 1 aromatic rings. The zero-order chi connectivity index (χ0) is 14.4. The van der Waals surface area contributed by atoms with Crippen molar-refractivity contribution in [2.75, 3.05) is 25.5 Å². The largest absolute Gasteiger partial charge is 0.481 e. The van der Waals surface area contributed by atoms with Crippen LogP contribution in [0.25, 0.3) is 0 Å². The Labute approximate surface area is 127 Å². The van der Waals surface area contributed by atoms with E-state index in [0.717, 1.165) is 6.07 Å². The summed E-state index contributed by atoms with van der Waals surface area (Å²) < 4.78 is 12.8. The molecule has 20 heavy (non-hydrogen) atoms. The van der Waals surface area contributed by atoms with E-state index in [-0.39, 0.29) is 42.8 Å². The smallest absolute Gasteiger partial charge is 0.304 e. The van der Waals surface area contributed by atoms with Gasteiger partial charge in [-0.2, -0.15) is 0 Å². The lowest BCUT2D eigenvalue weighted by Gasteiger charge is -2.15. The average molecular weight is 325 g/mol. The molecule has 0 heterocycles. The number of carbonyl (C=O) groups excluding carboxylic acids is 1. The Kier molecular flexibility index (Phi) is 8.13. The Morgan fingerprint density at radius 1 is 1.45 bits per heavy atom. The summed E-state index contributed by atoms with van der Waals surface area (Å²) in [6.07, 6.45) is -0.0406. The first-order chi connectivity index (χ1) is 8.88. The first-order valence-electron chi connectivity index (χ1n) is 5.53. The van der Waals surface area contributed by atoms with Crippen LogP contribution in [0.2, 0.25) is 5.02 Å². The number of amides is 1. The molecule has 0 fully saturated rings. The molecule has 0 unspecified atom stereocenters. The number of carboxylic acids is 1. The second-order valence-corrected chi connectivity index (χ2v) is 4.46. The monoisotopic (exact) mass is 324 g/mol. The van der Waals surface area contributed by atoms with E-state index in [1.54, 1.807) is 11.9 Å². The van der Waals surface area contributed by atoms with Crippen molar-refractivity contribution in [3.8, 4) is 0 Å². The van der Waals surface area contributed by atoms with Gasteiger partial charge in [0.15, 0.2) is 0 Å². The highest BCUT2D eigenvalue weighted by atomic mass is 35.5. The molecule has 1 amide bonds. The maximum atomic E-state index is 12.8. The van der Waals surface area contributed by atoms with Crippen LogP contribution >= 0.6 is 24.0 Å². The van der Waals surface area contributed by atoms with Gasteiger partial charge in [0.2, 0.25) is 5.91 Å². The number of likely N-dealkylation sites (N-methyl/N-ethyl adjacent to an activating group) is 1. The van der Waals surface area contributed by atoms with Gasteiger partial charge in [-0.05, 0) is 25.2 Å². The van der Waals surface area contributed by atoms with Gasteiger partial charge < -0.3 is 10.4 Å². The summed E-state index contributed by atoms with van der Waals surface area (Å²) in [5, 5.41) is 11.2. The van der Waals surface area contributed by atoms with Crippen LogP contribution in [0.1, 0.15) is 6.42 Å². The Balaban J connectivity index is 0.00000361. The van der Waals surface area contributed by atoms with Crippen LogP contribution in [-0.2, 0) is 9.59 Å². The van der Waals surface area contributed by atoms with Crippen molar-refractivity contribution in [1.82, 2.24) is 4.90 Å². The van der Waals surface area contributed by atoms with Crippen LogP contribution in [0.4, 0.5) is 10.1 Å². The first-order valence-corrected chi connectivity index (χ1v) is 5.91. The lowest BCUT2D eigenvalue weighted by Crippen LogP contribution is -2.31. The fourth-order valence-corrected chi connectivity index (χ4v) is 1.61. The second-order valence-electron chi connectivity index (χ2n) is 4.05. The van der Waals surface area contributed by atoms with Crippen LogP contribution in [0, 0.1) is 5.82 Å². The summed E-state index contributed by atoms with van der Waals surface area (Å²) in [5.74, 6) is -1.75. The molecule has 0 aliphatic carbocycles. The van der Waals surface area contributed by atoms with Gasteiger partial charge in [0, 0.05) is 6.54 Å². The topological polar surface area (TPSA) is 69.6 Å². The third kappa shape index (κ3) is 6.70. The van der Waals surface area contributed by atoms with Crippen LogP contribution in [0.15, 0.2) is 18.2 Å². The normalized spacial score (nSPS) is 10.0. The molecule has 0 saturated heterocycles. The number of nitrogens with zero attached hydrogens (tertiary/aromatic N) is 1. The number of carbonyl (C=O) groups is 2. The zero-order valence-corrected chi connectivity index (χ0v) is 12.3. The highest BCUT2D eigenvalue weighted by Gasteiger charge is 2.10. The number of aliphatic carboxylic acids is 1. The van der Waals surface area contributed by atoms with Gasteiger partial charge >= 0.3 is 5.97 Å². The van der Waals surface area contributed by atoms with E-state index < -0.39 is 11.8 Å². The maximum Gasteiger partial charge on any atom is 0.304 e. The summed E-state index contributed by atoms with van der Waals surface area (Å²) in [4.78, 5) is 23.6. The molecule has 1 rings (SSSR count). The van der Waals surface area contributed by atoms with Gasteiger partial charge in [0.1, 0.15) is 5.82 Å². The van der Waals surface area contributed by atoms with Crippen LogP contribution in [0.3, 0.4) is 0 Å². The van der Waals surface area contributed by atoms with Crippen molar-refractivity contribution in [3.63, 3.8) is 0 Å². The summed E-state index contributed by atoms with van der Waals surface area (Å²) in [6, 6.07) is 3.66. The van der Waals surface area contributed by atoms with Crippen molar-refractivity contribution in [1.29, 1.82) is 0 Å². The van der Waals surface area contributed by atoms with Crippen molar-refractivity contribution in [3.05, 3.63) is 29.0 Å². The molecule has 0 radical (unpaired) electrons. The van der Waals surface area contributed by atoms with Gasteiger partial charge in [-0.1, -0.05) is 11.6 Å². The van der Waals surface area contributed by atoms with Gasteiger partial charge in [0.25, 0.3) is 0 Å². The second kappa shape index (κ2) is 8.73. The van der Waals surface area contributed by atoms with Gasteiger partial charge in [-0.25, -0.2) is 4.39 Å². The number of anilines is 1. The number of carboxylic acid groups (broad SMARTS) is 1. The Morgan fingerprint density at radius 3 is 2.65 bits per heavy atom. The molecule has 0 saturated carbocycles. The third-order valence-corrected chi connectivity index (χ3v) is 2.64. The SMILES string of the molecule is CN(CCC(=O)O)CC(=O)Nc1ccc(F)cc1Cl.Cl. The Morgan fingerprint density at radius 2 is 2.10 bits per heavy atom. The molecule has 0 bridgehead atoms. The standard InChI is InChI=1S/C12H14ClFN2O3.ClH/c1-16(5-4-12(18)19)7-11(17)15-10-3-2-8(14)6-9(10)13;/h2-3,6H,4-5,7H2,1H3,(H,15,17)(H,18,19);1H. The Hall–Kier alpha value is -1.37. The molecule has 2 N–H and O–H groups in total. The minimum absolute atomic E-state index is 0. The predicted octanol–water partition coefficient (Wildman–Crippen LogP) is 2.25. The number of benzene rings is 1. The van der Waals surface area contributed by atoms with E-state index in [9.17, 15) is 14.0 Å². The molecule has 5 nitrogen and oxygen atoms in total. The van der Waals surface area contributed by atoms with Crippen LogP contribution in [0.5, 0.6) is 0 Å². The van der Waals surface area contributed by atoms with Crippen molar-refractivity contribution < 1.29 is 19.1 Å². The van der Waals surface area contributed by atoms with E-state index in [2.05, 4.69) is 5.32 Å². The van der Waals surface area contributed by atoms with Crippen LogP contribution < -0.4 is 5.32 Å². The fourth-order valence-electron chi connectivity index (χ4n) is 1.39. The fraction of sp³-hybridized carbons (Fsp3) is 0.333. The number of rotatable bonds is 6. The number of hydrogen-bond acceptors (Lipinski definition) is 3. The number of nitrogens with one attached hydrogen (secondary N) is 1. The van der Waals surface area contributed by atoms with Crippen molar-refractivity contribution in [2.24, 2.45) is 0 Å². The molecule has 0 aliphatic heterocycles. The summed E-state index contributed by atoms with van der Waals surface area (Å²) in [7, 11) is 1.63. The van der Waals surface area contributed by atoms with Crippen molar-refractivity contribution >= 4 is 41.6 Å². The predicted molar refractivity (Wildman–Crippen MR) is 77.0 cm³/mol. The van der Waals surface area contributed by atoms with Gasteiger partial charge in [-0.15, -0.1) is 12.4 Å². The quantitative estimate of drug-likeness (QED) is 0.842. The molecule has 0 atom stereocenters. The van der Waals surface area contributed by atoms with Gasteiger partial charge in [-0.3, -0.25) is 14.5 Å². The highest BCUT2D eigenvalue weighted by molar-refractivity contribution is 6.33. The molecular weight excluding hydrogens is 310 g/mol.